The fourth-order valence-corrected chi connectivity index (χ4v) is 1.82. The molecule has 2 N–H and O–H groups in total. The summed E-state index contributed by atoms with van der Waals surface area (Å²) in [5.74, 6) is 0.669. The number of anilines is 2. The molecule has 0 saturated heterocycles. The Morgan fingerprint density at radius 2 is 2.00 bits per heavy atom. The van der Waals surface area contributed by atoms with Gasteiger partial charge in [0.2, 0.25) is 5.95 Å². The molecule has 0 aliphatic carbocycles. The SMILES string of the molecule is COCc1ccc(Nc2nc(C(C)C)cc(=O)[nH]2)cc1. The Balaban J connectivity index is 2.19. The molecule has 0 spiro atoms. The number of methoxy groups -OCH3 is 1. The summed E-state index contributed by atoms with van der Waals surface area (Å²) in [4.78, 5) is 18.7. The van der Waals surface area contributed by atoms with E-state index in [9.17, 15) is 4.79 Å². The molecule has 0 aliphatic heterocycles. The molecule has 0 bridgehead atoms. The molecule has 0 amide bonds. The third kappa shape index (κ3) is 3.68. The van der Waals surface area contributed by atoms with Crippen molar-refractivity contribution >= 4 is 11.6 Å². The zero-order valence-electron chi connectivity index (χ0n) is 11.9. The minimum Gasteiger partial charge on any atom is -0.380 e. The van der Waals surface area contributed by atoms with Crippen LogP contribution in [0.5, 0.6) is 0 Å². The predicted molar refractivity (Wildman–Crippen MR) is 79.4 cm³/mol. The molecule has 2 rings (SSSR count). The van der Waals surface area contributed by atoms with E-state index in [2.05, 4.69) is 15.3 Å². The Morgan fingerprint density at radius 1 is 1.30 bits per heavy atom. The van der Waals surface area contributed by atoms with Crippen LogP contribution in [0.3, 0.4) is 0 Å². The van der Waals surface area contributed by atoms with Crippen molar-refractivity contribution < 1.29 is 4.74 Å². The third-order valence-corrected chi connectivity index (χ3v) is 2.88. The molecular weight excluding hydrogens is 254 g/mol. The van der Waals surface area contributed by atoms with Crippen LogP contribution in [0.15, 0.2) is 35.1 Å². The standard InChI is InChI=1S/C15H19N3O2/c1-10(2)13-8-14(19)18-15(17-13)16-12-6-4-11(5-7-12)9-20-3/h4-8,10H,9H2,1-3H3,(H2,16,17,18,19). The number of benzene rings is 1. The van der Waals surface area contributed by atoms with Gasteiger partial charge in [0.25, 0.3) is 5.56 Å². The van der Waals surface area contributed by atoms with Crippen molar-refractivity contribution in [3.05, 3.63) is 51.9 Å². The van der Waals surface area contributed by atoms with Crippen molar-refractivity contribution in [1.29, 1.82) is 0 Å². The Bertz CT molecular complexity index is 618. The number of H-pyrrole nitrogens is 1. The highest BCUT2D eigenvalue weighted by Gasteiger charge is 2.05. The molecule has 0 fully saturated rings. The quantitative estimate of drug-likeness (QED) is 0.879. The first kappa shape index (κ1) is 14.3. The first-order valence-electron chi connectivity index (χ1n) is 6.54. The molecule has 5 heteroatoms. The highest BCUT2D eigenvalue weighted by molar-refractivity contribution is 5.53. The van der Waals surface area contributed by atoms with Crippen LogP contribution in [-0.4, -0.2) is 17.1 Å². The molecular formula is C15H19N3O2. The van der Waals surface area contributed by atoms with Gasteiger partial charge in [-0.25, -0.2) is 4.98 Å². The van der Waals surface area contributed by atoms with Crippen LogP contribution in [0.1, 0.15) is 31.0 Å². The van der Waals surface area contributed by atoms with E-state index in [0.717, 1.165) is 16.9 Å². The maximum atomic E-state index is 11.6. The zero-order valence-corrected chi connectivity index (χ0v) is 11.9. The molecule has 0 radical (unpaired) electrons. The van der Waals surface area contributed by atoms with Crippen LogP contribution < -0.4 is 10.9 Å². The molecule has 2 aromatic rings. The van der Waals surface area contributed by atoms with Gasteiger partial charge in [-0.1, -0.05) is 26.0 Å². The van der Waals surface area contributed by atoms with Gasteiger partial charge in [0, 0.05) is 18.9 Å². The van der Waals surface area contributed by atoms with E-state index in [0.29, 0.717) is 12.6 Å². The molecule has 5 nitrogen and oxygen atoms in total. The minimum absolute atomic E-state index is 0.151. The predicted octanol–water partition coefficient (Wildman–Crippen LogP) is 2.78. The number of aromatic amines is 1. The van der Waals surface area contributed by atoms with E-state index in [-0.39, 0.29) is 11.5 Å². The largest absolute Gasteiger partial charge is 0.380 e. The van der Waals surface area contributed by atoms with Crippen LogP contribution in [0.2, 0.25) is 0 Å². The minimum atomic E-state index is -0.151. The van der Waals surface area contributed by atoms with Gasteiger partial charge in [0.1, 0.15) is 0 Å². The van der Waals surface area contributed by atoms with Gasteiger partial charge in [-0.2, -0.15) is 0 Å². The van der Waals surface area contributed by atoms with Gasteiger partial charge in [-0.3, -0.25) is 9.78 Å². The van der Waals surface area contributed by atoms with Crippen LogP contribution in [0.4, 0.5) is 11.6 Å². The summed E-state index contributed by atoms with van der Waals surface area (Å²) < 4.78 is 5.06. The van der Waals surface area contributed by atoms with Gasteiger partial charge in [-0.15, -0.1) is 0 Å². The Morgan fingerprint density at radius 3 is 2.60 bits per heavy atom. The summed E-state index contributed by atoms with van der Waals surface area (Å²) in [7, 11) is 1.66. The summed E-state index contributed by atoms with van der Waals surface area (Å²) >= 11 is 0. The average Bonchev–Trinajstić information content (AvgIpc) is 2.40. The van der Waals surface area contributed by atoms with E-state index < -0.39 is 0 Å². The van der Waals surface area contributed by atoms with Crippen LogP contribution >= 0.6 is 0 Å². The number of rotatable bonds is 5. The topological polar surface area (TPSA) is 67.0 Å². The number of ether oxygens (including phenoxy) is 1. The number of nitrogens with zero attached hydrogens (tertiary/aromatic N) is 1. The number of hydrogen-bond donors (Lipinski definition) is 2. The molecule has 0 aliphatic rings. The van der Waals surface area contributed by atoms with Crippen molar-refractivity contribution in [1.82, 2.24) is 9.97 Å². The smallest absolute Gasteiger partial charge is 0.252 e. The fraction of sp³-hybridized carbons (Fsp3) is 0.333. The lowest BCUT2D eigenvalue weighted by molar-refractivity contribution is 0.185. The Kier molecular flexibility index (Phi) is 4.53. The lowest BCUT2D eigenvalue weighted by Crippen LogP contribution is -2.12. The second-order valence-corrected chi connectivity index (χ2v) is 4.93. The molecule has 0 saturated carbocycles. The Labute approximate surface area is 118 Å². The van der Waals surface area contributed by atoms with Crippen LogP contribution in [0.25, 0.3) is 0 Å². The normalized spacial score (nSPS) is 10.8. The summed E-state index contributed by atoms with van der Waals surface area (Å²) in [5, 5.41) is 3.10. The zero-order chi connectivity index (χ0) is 14.5. The van der Waals surface area contributed by atoms with Crippen molar-refractivity contribution in [3.8, 4) is 0 Å². The average molecular weight is 273 g/mol. The lowest BCUT2D eigenvalue weighted by Gasteiger charge is -2.09. The molecule has 20 heavy (non-hydrogen) atoms. The van der Waals surface area contributed by atoms with Gasteiger partial charge < -0.3 is 10.1 Å². The van der Waals surface area contributed by atoms with Crippen molar-refractivity contribution in [2.45, 2.75) is 26.4 Å². The van der Waals surface area contributed by atoms with E-state index in [1.165, 1.54) is 6.07 Å². The van der Waals surface area contributed by atoms with Crippen molar-refractivity contribution in [2.75, 3.05) is 12.4 Å². The van der Waals surface area contributed by atoms with E-state index in [1.54, 1.807) is 7.11 Å². The molecule has 0 unspecified atom stereocenters. The van der Waals surface area contributed by atoms with E-state index in [4.69, 9.17) is 4.74 Å². The summed E-state index contributed by atoms with van der Waals surface area (Å²) in [5.41, 5.74) is 2.58. The number of aromatic nitrogens is 2. The molecule has 106 valence electrons. The van der Waals surface area contributed by atoms with Gasteiger partial charge >= 0.3 is 0 Å². The Hall–Kier alpha value is -2.14. The van der Waals surface area contributed by atoms with Gasteiger partial charge in [-0.05, 0) is 23.6 Å². The number of hydrogen-bond acceptors (Lipinski definition) is 4. The van der Waals surface area contributed by atoms with Crippen molar-refractivity contribution in [3.63, 3.8) is 0 Å². The molecule has 1 aromatic heterocycles. The second-order valence-electron chi connectivity index (χ2n) is 4.93. The van der Waals surface area contributed by atoms with Crippen molar-refractivity contribution in [2.24, 2.45) is 0 Å². The van der Waals surface area contributed by atoms with Crippen LogP contribution in [-0.2, 0) is 11.3 Å². The second kappa shape index (κ2) is 6.34. The first-order chi connectivity index (χ1) is 9.58. The van der Waals surface area contributed by atoms with E-state index in [1.807, 2.05) is 38.1 Å². The summed E-state index contributed by atoms with van der Waals surface area (Å²) in [6, 6.07) is 9.32. The van der Waals surface area contributed by atoms with Gasteiger partial charge in [0.15, 0.2) is 0 Å². The molecule has 1 heterocycles. The fourth-order valence-electron chi connectivity index (χ4n) is 1.82. The molecule has 0 atom stereocenters. The molecule has 1 aromatic carbocycles. The highest BCUT2D eigenvalue weighted by Crippen LogP contribution is 2.16. The lowest BCUT2D eigenvalue weighted by atomic mass is 10.1. The first-order valence-corrected chi connectivity index (χ1v) is 6.54. The number of nitrogens with one attached hydrogen (secondary N) is 2. The van der Waals surface area contributed by atoms with Gasteiger partial charge in [0.05, 0.1) is 12.3 Å². The van der Waals surface area contributed by atoms with E-state index >= 15 is 0 Å². The summed E-state index contributed by atoms with van der Waals surface area (Å²) in [6.45, 7) is 4.59. The van der Waals surface area contributed by atoms with Crippen LogP contribution in [0, 0.1) is 0 Å². The highest BCUT2D eigenvalue weighted by atomic mass is 16.5. The maximum Gasteiger partial charge on any atom is 0.252 e. The monoisotopic (exact) mass is 273 g/mol. The summed E-state index contributed by atoms with van der Waals surface area (Å²) in [6.07, 6.45) is 0. The third-order valence-electron chi connectivity index (χ3n) is 2.88. The maximum absolute atomic E-state index is 11.6.